The summed E-state index contributed by atoms with van der Waals surface area (Å²) >= 11 is 0. The molecule has 2 rings (SSSR count). The van der Waals surface area contributed by atoms with Gasteiger partial charge in [-0.15, -0.1) is 0 Å². The Kier molecular flexibility index (Phi) is 3.79. The molecule has 0 atom stereocenters. The maximum Gasteiger partial charge on any atom is 0.340 e. The molecule has 0 fully saturated rings. The third-order valence-corrected chi connectivity index (χ3v) is 2.75. The molecule has 4 heteroatoms. The molecule has 20 heavy (non-hydrogen) atoms. The van der Waals surface area contributed by atoms with E-state index in [1.165, 1.54) is 0 Å². The number of esters is 1. The first kappa shape index (κ1) is 13.3. The van der Waals surface area contributed by atoms with Gasteiger partial charge in [0, 0.05) is 5.56 Å². The van der Waals surface area contributed by atoms with E-state index in [0.29, 0.717) is 11.1 Å². The van der Waals surface area contributed by atoms with Crippen LogP contribution >= 0.6 is 0 Å². The highest BCUT2D eigenvalue weighted by molar-refractivity contribution is 5.90. The highest BCUT2D eigenvalue weighted by atomic mass is 16.6. The molecule has 0 aromatic heterocycles. The molecule has 0 saturated carbocycles. The SMILES string of the molecule is N#CC(C#N)(OC(=O)c1ccccc1)c1ccccc1. The number of ether oxygens (including phenoxy) is 1. The van der Waals surface area contributed by atoms with Gasteiger partial charge in [0.15, 0.2) is 0 Å². The van der Waals surface area contributed by atoms with Crippen molar-refractivity contribution >= 4 is 5.97 Å². The summed E-state index contributed by atoms with van der Waals surface area (Å²) in [4.78, 5) is 12.0. The van der Waals surface area contributed by atoms with Crippen molar-refractivity contribution in [2.24, 2.45) is 0 Å². The van der Waals surface area contributed by atoms with Crippen LogP contribution in [0.15, 0.2) is 60.7 Å². The summed E-state index contributed by atoms with van der Waals surface area (Å²) in [6.45, 7) is 0. The molecule has 2 aromatic rings. The predicted molar refractivity (Wildman–Crippen MR) is 71.2 cm³/mol. The number of carbonyl (C=O) groups is 1. The van der Waals surface area contributed by atoms with E-state index >= 15 is 0 Å². The first-order valence-corrected chi connectivity index (χ1v) is 5.88. The second kappa shape index (κ2) is 5.69. The number of hydrogen-bond donors (Lipinski definition) is 0. The first-order valence-electron chi connectivity index (χ1n) is 5.88. The Balaban J connectivity index is 2.35. The molecule has 0 N–H and O–H groups in total. The van der Waals surface area contributed by atoms with Crippen molar-refractivity contribution in [2.45, 2.75) is 5.60 Å². The minimum Gasteiger partial charge on any atom is -0.422 e. The van der Waals surface area contributed by atoms with Crippen LogP contribution in [0.2, 0.25) is 0 Å². The number of rotatable bonds is 3. The van der Waals surface area contributed by atoms with Gasteiger partial charge in [-0.1, -0.05) is 48.5 Å². The Labute approximate surface area is 116 Å². The Morgan fingerprint density at radius 2 is 1.40 bits per heavy atom. The van der Waals surface area contributed by atoms with Crippen molar-refractivity contribution in [3.63, 3.8) is 0 Å². The lowest BCUT2D eigenvalue weighted by atomic mass is 9.97. The molecule has 0 aliphatic carbocycles. The lowest BCUT2D eigenvalue weighted by Crippen LogP contribution is -2.29. The minimum absolute atomic E-state index is 0.290. The second-order valence-electron chi connectivity index (χ2n) is 4.03. The van der Waals surface area contributed by atoms with E-state index < -0.39 is 11.6 Å². The Morgan fingerprint density at radius 1 is 0.900 bits per heavy atom. The topological polar surface area (TPSA) is 73.9 Å². The molecular weight excluding hydrogens is 252 g/mol. The second-order valence-corrected chi connectivity index (χ2v) is 4.03. The fourth-order valence-corrected chi connectivity index (χ4v) is 1.70. The van der Waals surface area contributed by atoms with E-state index in [9.17, 15) is 15.3 Å². The van der Waals surface area contributed by atoms with Crippen molar-refractivity contribution < 1.29 is 9.53 Å². The molecule has 0 radical (unpaired) electrons. The molecule has 0 bridgehead atoms. The van der Waals surface area contributed by atoms with Gasteiger partial charge in [-0.3, -0.25) is 0 Å². The van der Waals surface area contributed by atoms with Crippen LogP contribution in [0.4, 0.5) is 0 Å². The lowest BCUT2D eigenvalue weighted by molar-refractivity contribution is 0.0238. The zero-order chi connectivity index (χ0) is 14.4. The normalized spacial score (nSPS) is 10.1. The summed E-state index contributed by atoms with van der Waals surface area (Å²) in [5.74, 6) is -0.711. The first-order chi connectivity index (χ1) is 9.72. The van der Waals surface area contributed by atoms with Crippen LogP contribution in [-0.4, -0.2) is 5.97 Å². The largest absolute Gasteiger partial charge is 0.422 e. The van der Waals surface area contributed by atoms with E-state index in [1.807, 2.05) is 0 Å². The van der Waals surface area contributed by atoms with Crippen LogP contribution in [0.5, 0.6) is 0 Å². The zero-order valence-electron chi connectivity index (χ0n) is 10.5. The summed E-state index contributed by atoms with van der Waals surface area (Å²) in [7, 11) is 0. The molecule has 96 valence electrons. The number of benzene rings is 2. The van der Waals surface area contributed by atoms with Gasteiger partial charge in [0.05, 0.1) is 5.56 Å². The smallest absolute Gasteiger partial charge is 0.340 e. The van der Waals surface area contributed by atoms with E-state index in [0.717, 1.165) is 0 Å². The van der Waals surface area contributed by atoms with Gasteiger partial charge >= 0.3 is 11.6 Å². The van der Waals surface area contributed by atoms with Crippen LogP contribution in [-0.2, 0) is 10.3 Å². The third kappa shape index (κ3) is 2.50. The Morgan fingerprint density at radius 3 is 1.90 bits per heavy atom. The summed E-state index contributed by atoms with van der Waals surface area (Å²) < 4.78 is 5.15. The number of hydrogen-bond acceptors (Lipinski definition) is 4. The van der Waals surface area contributed by atoms with Gasteiger partial charge in [0.1, 0.15) is 12.1 Å². The minimum atomic E-state index is -1.94. The number of nitrogens with zero attached hydrogens (tertiary/aromatic N) is 2. The predicted octanol–water partition coefficient (Wildman–Crippen LogP) is 2.79. The van der Waals surface area contributed by atoms with Gasteiger partial charge in [0.25, 0.3) is 0 Å². The van der Waals surface area contributed by atoms with Gasteiger partial charge in [0.2, 0.25) is 0 Å². The average molecular weight is 262 g/mol. The molecule has 0 spiro atoms. The highest BCUT2D eigenvalue weighted by Crippen LogP contribution is 2.25. The fourth-order valence-electron chi connectivity index (χ4n) is 1.70. The maximum atomic E-state index is 12.0. The Hall–Kier alpha value is -3.11. The molecule has 0 heterocycles. The average Bonchev–Trinajstić information content (AvgIpc) is 2.54. The third-order valence-electron chi connectivity index (χ3n) is 2.75. The lowest BCUT2D eigenvalue weighted by Gasteiger charge is -2.19. The van der Waals surface area contributed by atoms with E-state index in [-0.39, 0.29) is 0 Å². The maximum absolute atomic E-state index is 12.0. The highest BCUT2D eigenvalue weighted by Gasteiger charge is 2.37. The molecule has 2 aromatic carbocycles. The van der Waals surface area contributed by atoms with E-state index in [4.69, 9.17) is 4.74 Å². The van der Waals surface area contributed by atoms with Gasteiger partial charge < -0.3 is 4.74 Å². The van der Waals surface area contributed by atoms with Crippen molar-refractivity contribution in [2.75, 3.05) is 0 Å². The molecule has 0 aliphatic heterocycles. The number of nitriles is 2. The van der Waals surface area contributed by atoms with Crippen LogP contribution in [0.1, 0.15) is 15.9 Å². The van der Waals surface area contributed by atoms with Crippen molar-refractivity contribution in [3.05, 3.63) is 71.8 Å². The monoisotopic (exact) mass is 262 g/mol. The zero-order valence-corrected chi connectivity index (χ0v) is 10.5. The number of carbonyl (C=O) groups excluding carboxylic acids is 1. The molecular formula is C16H10N2O2. The van der Waals surface area contributed by atoms with E-state index in [2.05, 4.69) is 0 Å². The molecule has 0 aliphatic rings. The van der Waals surface area contributed by atoms with E-state index in [1.54, 1.807) is 72.8 Å². The van der Waals surface area contributed by atoms with Crippen molar-refractivity contribution in [3.8, 4) is 12.1 Å². The standard InChI is InChI=1S/C16H10N2O2/c17-11-16(12-18,14-9-5-2-6-10-14)20-15(19)13-7-3-1-4-8-13/h1-10H. The van der Waals surface area contributed by atoms with Crippen LogP contribution < -0.4 is 0 Å². The van der Waals surface area contributed by atoms with Gasteiger partial charge in [-0.25, -0.2) is 4.79 Å². The molecule has 0 unspecified atom stereocenters. The van der Waals surface area contributed by atoms with Crippen molar-refractivity contribution in [1.82, 2.24) is 0 Å². The molecule has 4 nitrogen and oxygen atoms in total. The molecule has 0 saturated heterocycles. The summed E-state index contributed by atoms with van der Waals surface area (Å²) in [6.07, 6.45) is 0. The van der Waals surface area contributed by atoms with Crippen LogP contribution in [0.3, 0.4) is 0 Å². The van der Waals surface area contributed by atoms with Crippen molar-refractivity contribution in [1.29, 1.82) is 10.5 Å². The Bertz CT molecular complexity index is 668. The quantitative estimate of drug-likeness (QED) is 0.797. The van der Waals surface area contributed by atoms with Gasteiger partial charge in [-0.2, -0.15) is 10.5 Å². The molecule has 0 amide bonds. The van der Waals surface area contributed by atoms with Crippen LogP contribution in [0.25, 0.3) is 0 Å². The summed E-state index contributed by atoms with van der Waals surface area (Å²) in [5, 5.41) is 18.6. The fraction of sp³-hybridized carbons (Fsp3) is 0.0625. The summed E-state index contributed by atoms with van der Waals surface area (Å²) in [6, 6.07) is 20.1. The van der Waals surface area contributed by atoms with Crippen LogP contribution in [0, 0.1) is 22.7 Å². The summed E-state index contributed by atoms with van der Waals surface area (Å²) in [5.41, 5.74) is -1.32. The van der Waals surface area contributed by atoms with Gasteiger partial charge in [-0.05, 0) is 12.1 Å².